The Hall–Kier alpha value is -2.97. The molecule has 2 amide bonds. The number of esters is 1. The minimum Gasteiger partial charge on any atom is -0.493 e. The molecular formula is C25H20Br2IN3O6. The van der Waals surface area contributed by atoms with Crippen LogP contribution in [0.15, 0.2) is 68.6 Å². The Balaban J connectivity index is 1.64. The number of hydrogen-bond acceptors (Lipinski definition) is 7. The first-order chi connectivity index (χ1) is 17.7. The van der Waals surface area contributed by atoms with Crippen LogP contribution in [0.2, 0.25) is 0 Å². The molecule has 0 aromatic heterocycles. The van der Waals surface area contributed by atoms with Gasteiger partial charge in [0.25, 0.3) is 11.8 Å². The van der Waals surface area contributed by atoms with Crippen LogP contribution in [0.25, 0.3) is 0 Å². The standard InChI is InChI=1S/C25H20Br2IN3O6/c1-35-20-8-7-14(10-21(20)36-2)24(33)29-13-22(32)31-30-12-15-9-16(26)11-18(27)23(15)37-25(34)17-5-3-4-6-19(17)28/h3-12H,13H2,1-2H3,(H,29,33)(H,31,32)/b30-12-. The van der Waals surface area contributed by atoms with Crippen molar-refractivity contribution in [1.29, 1.82) is 0 Å². The van der Waals surface area contributed by atoms with E-state index in [1.807, 2.05) is 6.07 Å². The lowest BCUT2D eigenvalue weighted by Gasteiger charge is -2.11. The molecule has 2 N–H and O–H groups in total. The van der Waals surface area contributed by atoms with Gasteiger partial charge in [-0.3, -0.25) is 9.59 Å². The predicted molar refractivity (Wildman–Crippen MR) is 154 cm³/mol. The molecule has 9 nitrogen and oxygen atoms in total. The molecule has 192 valence electrons. The fourth-order valence-electron chi connectivity index (χ4n) is 3.01. The van der Waals surface area contributed by atoms with Gasteiger partial charge in [-0.25, -0.2) is 10.2 Å². The number of rotatable bonds is 9. The second-order valence-electron chi connectivity index (χ2n) is 7.22. The van der Waals surface area contributed by atoms with Crippen LogP contribution >= 0.6 is 54.5 Å². The summed E-state index contributed by atoms with van der Waals surface area (Å²) in [6.07, 6.45) is 1.34. The second-order valence-corrected chi connectivity index (χ2v) is 10.2. The molecule has 0 aliphatic heterocycles. The zero-order chi connectivity index (χ0) is 26.9. The van der Waals surface area contributed by atoms with E-state index >= 15 is 0 Å². The first-order valence-corrected chi connectivity index (χ1v) is 13.2. The molecule has 12 heteroatoms. The van der Waals surface area contributed by atoms with Crippen LogP contribution in [-0.2, 0) is 4.79 Å². The number of hydrazone groups is 1. The highest BCUT2D eigenvalue weighted by Gasteiger charge is 2.17. The summed E-state index contributed by atoms with van der Waals surface area (Å²) in [6.45, 7) is -0.318. The van der Waals surface area contributed by atoms with Gasteiger partial charge in [0.2, 0.25) is 0 Å². The van der Waals surface area contributed by atoms with Crippen LogP contribution in [0.4, 0.5) is 0 Å². The molecule has 3 aromatic carbocycles. The van der Waals surface area contributed by atoms with Crippen molar-refractivity contribution < 1.29 is 28.6 Å². The Bertz CT molecular complexity index is 1370. The van der Waals surface area contributed by atoms with Crippen molar-refractivity contribution in [2.75, 3.05) is 20.8 Å². The quantitative estimate of drug-likeness (QED) is 0.106. The number of halogens is 3. The monoisotopic (exact) mass is 743 g/mol. The fourth-order valence-corrected chi connectivity index (χ4v) is 4.96. The Labute approximate surface area is 243 Å². The normalized spacial score (nSPS) is 10.6. The minimum absolute atomic E-state index is 0.229. The van der Waals surface area contributed by atoms with E-state index in [-0.39, 0.29) is 12.3 Å². The van der Waals surface area contributed by atoms with E-state index in [4.69, 9.17) is 14.2 Å². The molecule has 0 spiro atoms. The number of hydrogen-bond donors (Lipinski definition) is 2. The Kier molecular flexibility index (Phi) is 10.5. The summed E-state index contributed by atoms with van der Waals surface area (Å²) in [5.74, 6) is -0.466. The summed E-state index contributed by atoms with van der Waals surface area (Å²) in [5.41, 5.74) is 3.48. The minimum atomic E-state index is -0.559. The summed E-state index contributed by atoms with van der Waals surface area (Å²) >= 11 is 8.84. The van der Waals surface area contributed by atoms with Crippen molar-refractivity contribution in [2.24, 2.45) is 5.10 Å². The molecule has 0 heterocycles. The molecule has 0 aliphatic rings. The molecule has 0 radical (unpaired) electrons. The van der Waals surface area contributed by atoms with Gasteiger partial charge in [-0.05, 0) is 81.0 Å². The van der Waals surface area contributed by atoms with E-state index in [0.717, 1.165) is 3.57 Å². The molecular weight excluding hydrogens is 725 g/mol. The van der Waals surface area contributed by atoms with E-state index in [9.17, 15) is 14.4 Å². The van der Waals surface area contributed by atoms with E-state index in [2.05, 4.69) is 70.3 Å². The number of amides is 2. The first kappa shape index (κ1) is 28.6. The Morgan fingerprint density at radius 2 is 1.73 bits per heavy atom. The maximum atomic E-state index is 12.7. The van der Waals surface area contributed by atoms with E-state index in [0.29, 0.717) is 37.1 Å². The number of ether oxygens (including phenoxy) is 3. The van der Waals surface area contributed by atoms with Crippen molar-refractivity contribution in [3.8, 4) is 17.2 Å². The van der Waals surface area contributed by atoms with Crippen molar-refractivity contribution in [3.05, 3.63) is 83.8 Å². The Morgan fingerprint density at radius 3 is 2.43 bits per heavy atom. The van der Waals surface area contributed by atoms with Gasteiger partial charge in [0, 0.05) is 19.2 Å². The molecule has 0 aliphatic carbocycles. The summed E-state index contributed by atoms with van der Waals surface area (Å²) in [5, 5.41) is 6.44. The second kappa shape index (κ2) is 13.5. The third-order valence-corrected chi connectivity index (χ3v) is 6.76. The van der Waals surface area contributed by atoms with Crippen LogP contribution < -0.4 is 25.0 Å². The molecule has 37 heavy (non-hydrogen) atoms. The zero-order valence-electron chi connectivity index (χ0n) is 19.5. The van der Waals surface area contributed by atoms with Gasteiger partial charge in [0.1, 0.15) is 0 Å². The van der Waals surface area contributed by atoms with Gasteiger partial charge < -0.3 is 19.5 Å². The van der Waals surface area contributed by atoms with Crippen LogP contribution in [-0.4, -0.2) is 44.8 Å². The van der Waals surface area contributed by atoms with E-state index in [1.54, 1.807) is 42.5 Å². The number of benzene rings is 3. The topological polar surface area (TPSA) is 115 Å². The lowest BCUT2D eigenvalue weighted by molar-refractivity contribution is -0.120. The Morgan fingerprint density at radius 1 is 1.00 bits per heavy atom. The largest absolute Gasteiger partial charge is 0.493 e. The number of carbonyl (C=O) groups excluding carboxylic acids is 3. The van der Waals surface area contributed by atoms with Crippen molar-refractivity contribution >= 4 is 78.4 Å². The highest BCUT2D eigenvalue weighted by molar-refractivity contribution is 14.1. The van der Waals surface area contributed by atoms with Gasteiger partial charge in [0.15, 0.2) is 17.2 Å². The molecule has 0 saturated heterocycles. The number of methoxy groups -OCH3 is 2. The van der Waals surface area contributed by atoms with Gasteiger partial charge in [-0.1, -0.05) is 28.1 Å². The maximum Gasteiger partial charge on any atom is 0.344 e. The molecule has 0 unspecified atom stereocenters. The summed E-state index contributed by atoms with van der Waals surface area (Å²) in [7, 11) is 2.95. The lowest BCUT2D eigenvalue weighted by atomic mass is 10.2. The number of nitrogens with one attached hydrogen (secondary N) is 2. The molecule has 0 bridgehead atoms. The molecule has 0 atom stereocenters. The third-order valence-electron chi connectivity index (χ3n) is 4.77. The van der Waals surface area contributed by atoms with E-state index < -0.39 is 17.8 Å². The zero-order valence-corrected chi connectivity index (χ0v) is 24.8. The highest BCUT2D eigenvalue weighted by atomic mass is 127. The number of carbonyl (C=O) groups is 3. The fraction of sp³-hybridized carbons (Fsp3) is 0.120. The van der Waals surface area contributed by atoms with E-state index in [1.165, 1.54) is 26.5 Å². The van der Waals surface area contributed by atoms with Gasteiger partial charge in [-0.15, -0.1) is 0 Å². The van der Waals surface area contributed by atoms with Gasteiger partial charge in [-0.2, -0.15) is 5.10 Å². The molecule has 0 fully saturated rings. The molecule has 0 saturated carbocycles. The first-order valence-electron chi connectivity index (χ1n) is 10.5. The lowest BCUT2D eigenvalue weighted by Crippen LogP contribution is -2.34. The van der Waals surface area contributed by atoms with Crippen molar-refractivity contribution in [2.45, 2.75) is 0 Å². The van der Waals surface area contributed by atoms with Gasteiger partial charge >= 0.3 is 5.97 Å². The van der Waals surface area contributed by atoms with Crippen molar-refractivity contribution in [3.63, 3.8) is 0 Å². The van der Waals surface area contributed by atoms with Crippen LogP contribution in [0.5, 0.6) is 17.2 Å². The average molecular weight is 745 g/mol. The molecule has 3 aromatic rings. The third kappa shape index (κ3) is 7.76. The maximum absolute atomic E-state index is 12.7. The average Bonchev–Trinajstić information content (AvgIpc) is 2.88. The summed E-state index contributed by atoms with van der Waals surface area (Å²) < 4.78 is 17.9. The summed E-state index contributed by atoms with van der Waals surface area (Å²) in [4.78, 5) is 37.3. The number of nitrogens with zero attached hydrogens (tertiary/aromatic N) is 1. The smallest absolute Gasteiger partial charge is 0.344 e. The van der Waals surface area contributed by atoms with Crippen LogP contribution in [0, 0.1) is 3.57 Å². The molecule has 3 rings (SSSR count). The SMILES string of the molecule is COc1ccc(C(=O)NCC(=O)N/N=C\c2cc(Br)cc(Br)c2OC(=O)c2ccccc2I)cc1OC. The summed E-state index contributed by atoms with van der Waals surface area (Å²) in [6, 6.07) is 15.1. The van der Waals surface area contributed by atoms with Crippen LogP contribution in [0.3, 0.4) is 0 Å². The highest BCUT2D eigenvalue weighted by Crippen LogP contribution is 2.33. The van der Waals surface area contributed by atoms with Crippen LogP contribution in [0.1, 0.15) is 26.3 Å². The predicted octanol–water partition coefficient (Wildman–Crippen LogP) is 4.93. The van der Waals surface area contributed by atoms with Gasteiger partial charge in [0.05, 0.1) is 37.0 Å². The van der Waals surface area contributed by atoms with Crippen molar-refractivity contribution in [1.82, 2.24) is 10.7 Å².